The van der Waals surface area contributed by atoms with E-state index in [1.807, 2.05) is 6.08 Å². The number of aliphatic hydroxyl groups excluding tert-OH is 1. The van der Waals surface area contributed by atoms with Crippen LogP contribution in [0, 0.1) is 40.4 Å². The highest BCUT2D eigenvalue weighted by molar-refractivity contribution is 6.01. The highest BCUT2D eigenvalue weighted by atomic mass is 16.5. The van der Waals surface area contributed by atoms with Crippen molar-refractivity contribution in [3.05, 3.63) is 48.1 Å². The summed E-state index contributed by atoms with van der Waals surface area (Å²) in [5.74, 6) is -0.720. The molecule has 0 bridgehead atoms. The summed E-state index contributed by atoms with van der Waals surface area (Å²) in [6.07, 6.45) is 30.7. The van der Waals surface area contributed by atoms with Crippen LogP contribution in [0.15, 0.2) is 48.1 Å². The van der Waals surface area contributed by atoms with E-state index < -0.39 is 18.0 Å². The van der Waals surface area contributed by atoms with E-state index in [-0.39, 0.29) is 71.4 Å². The molecular weight excluding hydrogens is 640 g/mol. The van der Waals surface area contributed by atoms with Gasteiger partial charge in [0.15, 0.2) is 11.6 Å². The van der Waals surface area contributed by atoms with Crippen LogP contribution in [0.5, 0.6) is 0 Å². The van der Waals surface area contributed by atoms with Gasteiger partial charge in [-0.15, -0.1) is 0 Å². The maximum absolute atomic E-state index is 13.6. The number of ketones is 2. The Morgan fingerprint density at radius 1 is 0.902 bits per heavy atom. The summed E-state index contributed by atoms with van der Waals surface area (Å²) < 4.78 is 10.7. The van der Waals surface area contributed by atoms with Crippen LogP contribution < -0.4 is 0 Å². The number of carbonyl (C=O) groups excluding carboxylic acids is 4. The third-order valence-electron chi connectivity index (χ3n) is 12.7. The zero-order chi connectivity index (χ0) is 36.9. The smallest absolute Gasteiger partial charge is 0.306 e. The molecule has 8 atom stereocenters. The predicted molar refractivity (Wildman–Crippen MR) is 202 cm³/mol. The minimum atomic E-state index is -0.591. The summed E-state index contributed by atoms with van der Waals surface area (Å²) in [5, 5.41) is 11.6. The van der Waals surface area contributed by atoms with Crippen molar-refractivity contribution in [2.45, 2.75) is 149 Å². The molecule has 7 nitrogen and oxygen atoms in total. The Morgan fingerprint density at radius 3 is 2.25 bits per heavy atom. The highest BCUT2D eigenvalue weighted by Gasteiger charge is 2.64. The Bertz CT molecular complexity index is 1310. The molecule has 0 radical (unpaired) electrons. The minimum Gasteiger partial charge on any atom is -0.466 e. The molecule has 51 heavy (non-hydrogen) atoms. The van der Waals surface area contributed by atoms with Gasteiger partial charge in [-0.25, -0.2) is 0 Å². The van der Waals surface area contributed by atoms with Gasteiger partial charge in [0, 0.05) is 17.3 Å². The van der Waals surface area contributed by atoms with E-state index in [4.69, 9.17) is 9.47 Å². The normalized spacial score (nSPS) is 31.3. The molecule has 4 rings (SSSR count). The first-order chi connectivity index (χ1) is 24.5. The van der Waals surface area contributed by atoms with Gasteiger partial charge in [0.2, 0.25) is 0 Å². The molecule has 0 aromatic carbocycles. The van der Waals surface area contributed by atoms with Gasteiger partial charge in [0.1, 0.15) is 6.61 Å². The summed E-state index contributed by atoms with van der Waals surface area (Å²) in [6.45, 7) is 8.69. The quantitative estimate of drug-likeness (QED) is 0.0720. The van der Waals surface area contributed by atoms with Crippen molar-refractivity contribution in [3.8, 4) is 0 Å². The number of allylic oxidation sites excluding steroid dienone is 8. The number of hydrogen-bond acceptors (Lipinski definition) is 7. The van der Waals surface area contributed by atoms with Crippen molar-refractivity contribution in [2.75, 3.05) is 13.2 Å². The maximum atomic E-state index is 13.6. The van der Waals surface area contributed by atoms with Gasteiger partial charge in [-0.3, -0.25) is 19.2 Å². The van der Waals surface area contributed by atoms with Gasteiger partial charge in [-0.05, 0) is 99.5 Å². The fraction of sp³-hybridized carbons (Fsp3) is 0.727. The fourth-order valence-electron chi connectivity index (χ4n) is 10.2. The number of rotatable bonds is 21. The topological polar surface area (TPSA) is 107 Å². The number of Topliss-reactive ketones (excluding diaryl/α,β-unsaturated/α-hetero) is 1. The molecule has 1 N–H and O–H groups in total. The average molecular weight is 707 g/mol. The molecule has 0 aromatic rings. The summed E-state index contributed by atoms with van der Waals surface area (Å²) in [6, 6.07) is 0. The number of carbonyl (C=O) groups is 4. The third kappa shape index (κ3) is 10.9. The third-order valence-corrected chi connectivity index (χ3v) is 12.7. The van der Waals surface area contributed by atoms with E-state index in [0.29, 0.717) is 13.0 Å². The second-order valence-electron chi connectivity index (χ2n) is 16.4. The number of fused-ring (bicyclic) bond motifs is 5. The van der Waals surface area contributed by atoms with Gasteiger partial charge in [0.05, 0.1) is 25.6 Å². The number of ether oxygens (including phenoxy) is 2. The van der Waals surface area contributed by atoms with Crippen molar-refractivity contribution in [3.63, 3.8) is 0 Å². The van der Waals surface area contributed by atoms with E-state index in [1.54, 1.807) is 12.2 Å². The lowest BCUT2D eigenvalue weighted by molar-refractivity contribution is -0.156. The zero-order valence-electron chi connectivity index (χ0n) is 32.0. The first-order valence-corrected chi connectivity index (χ1v) is 20.3. The van der Waals surface area contributed by atoms with Crippen LogP contribution in [-0.4, -0.2) is 47.9 Å². The Labute approximate surface area is 307 Å². The number of hydrogen-bond donors (Lipinski definition) is 1. The molecule has 7 heteroatoms. The first kappa shape index (κ1) is 41.0. The second-order valence-corrected chi connectivity index (χ2v) is 16.4. The van der Waals surface area contributed by atoms with E-state index in [1.165, 1.54) is 44.9 Å². The van der Waals surface area contributed by atoms with E-state index in [2.05, 4.69) is 52.0 Å². The number of unbranched alkanes of at least 4 members (excludes halogenated alkanes) is 9. The molecule has 4 aliphatic rings. The molecule has 0 aliphatic heterocycles. The van der Waals surface area contributed by atoms with Crippen molar-refractivity contribution < 1.29 is 33.8 Å². The van der Waals surface area contributed by atoms with Crippen molar-refractivity contribution in [1.29, 1.82) is 0 Å². The predicted octanol–water partition coefficient (Wildman–Crippen LogP) is 9.38. The highest BCUT2D eigenvalue weighted by Crippen LogP contribution is 2.67. The molecule has 0 spiro atoms. The van der Waals surface area contributed by atoms with E-state index in [9.17, 15) is 24.3 Å². The lowest BCUT2D eigenvalue weighted by atomic mass is 9.46. The average Bonchev–Trinajstić information content (AvgIpc) is 3.36. The van der Waals surface area contributed by atoms with E-state index in [0.717, 1.165) is 56.9 Å². The van der Waals surface area contributed by atoms with Crippen LogP contribution in [0.3, 0.4) is 0 Å². The molecule has 0 aromatic heterocycles. The Balaban J connectivity index is 1.07. The number of aliphatic hydroxyl groups is 1. The summed E-state index contributed by atoms with van der Waals surface area (Å²) in [5.41, 5.74) is 0.383. The first-order valence-electron chi connectivity index (χ1n) is 20.3. The van der Waals surface area contributed by atoms with Crippen molar-refractivity contribution >= 4 is 23.5 Å². The summed E-state index contributed by atoms with van der Waals surface area (Å²) in [4.78, 5) is 50.5. The summed E-state index contributed by atoms with van der Waals surface area (Å²) in [7, 11) is 0. The monoisotopic (exact) mass is 706 g/mol. The Morgan fingerprint density at radius 2 is 1.55 bits per heavy atom. The molecular formula is C44H66O7. The largest absolute Gasteiger partial charge is 0.466 e. The van der Waals surface area contributed by atoms with Gasteiger partial charge >= 0.3 is 11.9 Å². The standard InChI is InChI=1S/C44H66O7/c1-5-6-7-8-9-10-11-12-13-14-15-16-17-18-19-20-27-50-39(48)23-24-40(49)51-31-38(47)41-32(2)28-36-35-22-21-33-29-34(45)25-26-43(33,3)42(35)37(46)30-44(36,41)4/h9-10,12-13,25-26,29,32,35-37,41-42,46H,5-8,11,14-24,27-28,30-31H2,1-4H3/b10-9-,13-12-/t32-,35+,36?,37+,41-,42?,43+,44+/m1/s1. The lowest BCUT2D eigenvalue weighted by Crippen LogP contribution is -2.56. The van der Waals surface area contributed by atoms with Gasteiger partial charge < -0.3 is 14.6 Å². The molecule has 0 amide bonds. The van der Waals surface area contributed by atoms with Crippen LogP contribution in [0.2, 0.25) is 0 Å². The zero-order valence-corrected chi connectivity index (χ0v) is 32.0. The van der Waals surface area contributed by atoms with Gasteiger partial charge in [-0.2, -0.15) is 0 Å². The minimum absolute atomic E-state index is 0.0128. The molecule has 4 aliphatic carbocycles. The van der Waals surface area contributed by atoms with E-state index >= 15 is 0 Å². The molecule has 2 unspecified atom stereocenters. The molecule has 284 valence electrons. The van der Waals surface area contributed by atoms with Crippen molar-refractivity contribution in [2.24, 2.45) is 40.4 Å². The van der Waals surface area contributed by atoms with Gasteiger partial charge in [-0.1, -0.05) is 102 Å². The molecule has 3 saturated carbocycles. The molecule has 0 saturated heterocycles. The van der Waals surface area contributed by atoms with Crippen LogP contribution in [0.25, 0.3) is 0 Å². The Kier molecular flexibility index (Phi) is 16.0. The molecule has 3 fully saturated rings. The fourth-order valence-corrected chi connectivity index (χ4v) is 10.2. The van der Waals surface area contributed by atoms with Crippen molar-refractivity contribution in [1.82, 2.24) is 0 Å². The van der Waals surface area contributed by atoms with Gasteiger partial charge in [0.25, 0.3) is 0 Å². The Hall–Kier alpha value is -2.80. The lowest BCUT2D eigenvalue weighted by Gasteiger charge is -2.58. The van der Waals surface area contributed by atoms with Crippen LogP contribution in [0.4, 0.5) is 0 Å². The SMILES string of the molecule is CCCCC/C=C\C/C=C\CCCCCCCCOC(=O)CCC(=O)OCC(=O)[C@H]1[C@H](C)CC2[C@@H]3CCC4=CC(=O)C=C[C@]4(C)C3[C@@H](O)C[C@@]21C. The maximum Gasteiger partial charge on any atom is 0.306 e. The number of esters is 2. The van der Waals surface area contributed by atoms with Crippen LogP contribution >= 0.6 is 0 Å². The van der Waals surface area contributed by atoms with Crippen LogP contribution in [0.1, 0.15) is 143 Å². The molecule has 0 heterocycles. The van der Waals surface area contributed by atoms with Crippen LogP contribution in [-0.2, 0) is 28.7 Å². The second kappa shape index (κ2) is 19.9. The summed E-state index contributed by atoms with van der Waals surface area (Å²) >= 11 is 0.